The predicted octanol–water partition coefficient (Wildman–Crippen LogP) is 1.70. The summed E-state index contributed by atoms with van der Waals surface area (Å²) in [5.74, 6) is 0.594. The molecule has 0 N–H and O–H groups in total. The van der Waals surface area contributed by atoms with Gasteiger partial charge < -0.3 is 9.47 Å². The van der Waals surface area contributed by atoms with Crippen molar-refractivity contribution in [2.24, 2.45) is 0 Å². The van der Waals surface area contributed by atoms with Crippen LogP contribution in [0.5, 0.6) is 5.75 Å². The Morgan fingerprint density at radius 3 is 2.73 bits per heavy atom. The molecule has 0 spiro atoms. The van der Waals surface area contributed by atoms with Crippen LogP contribution in [0.1, 0.15) is 24.3 Å². The summed E-state index contributed by atoms with van der Waals surface area (Å²) in [6.07, 6.45) is 1.52. The molecule has 0 radical (unpaired) electrons. The molecule has 0 fully saturated rings. The lowest BCUT2D eigenvalue weighted by molar-refractivity contribution is 0.0917. The van der Waals surface area contributed by atoms with Crippen molar-refractivity contribution in [1.29, 1.82) is 0 Å². The van der Waals surface area contributed by atoms with Crippen molar-refractivity contribution in [3.8, 4) is 5.75 Å². The Labute approximate surface area is 89.2 Å². The number of nitrogens with zero attached hydrogens (tertiary/aromatic N) is 1. The summed E-state index contributed by atoms with van der Waals surface area (Å²) >= 11 is 0. The van der Waals surface area contributed by atoms with Crippen LogP contribution in [0.3, 0.4) is 0 Å². The third-order valence-corrected chi connectivity index (χ3v) is 1.84. The number of pyridine rings is 1. The number of hydrogen-bond donors (Lipinski definition) is 0. The lowest BCUT2D eigenvalue weighted by Crippen LogP contribution is -2.18. The number of hydrogen-bond acceptors (Lipinski definition) is 4. The Morgan fingerprint density at radius 1 is 1.53 bits per heavy atom. The zero-order valence-electron chi connectivity index (χ0n) is 9.19. The molecule has 0 aromatic carbocycles. The van der Waals surface area contributed by atoms with E-state index in [1.54, 1.807) is 25.4 Å². The minimum Gasteiger partial charge on any atom is -0.487 e. The van der Waals surface area contributed by atoms with E-state index in [1.807, 2.05) is 6.92 Å². The highest BCUT2D eigenvalue weighted by Crippen LogP contribution is 2.11. The van der Waals surface area contributed by atoms with Crippen molar-refractivity contribution >= 4 is 5.78 Å². The summed E-state index contributed by atoms with van der Waals surface area (Å²) in [5, 5.41) is 0. The Hall–Kier alpha value is -1.42. The topological polar surface area (TPSA) is 48.4 Å². The van der Waals surface area contributed by atoms with Crippen LogP contribution >= 0.6 is 0 Å². The van der Waals surface area contributed by atoms with E-state index < -0.39 is 0 Å². The second-order valence-electron chi connectivity index (χ2n) is 3.32. The molecule has 82 valence electrons. The Balaban J connectivity index is 2.60. The molecule has 0 saturated heterocycles. The molecule has 0 amide bonds. The molecule has 4 nitrogen and oxygen atoms in total. The van der Waals surface area contributed by atoms with Crippen molar-refractivity contribution in [3.63, 3.8) is 0 Å². The van der Waals surface area contributed by atoms with E-state index in [4.69, 9.17) is 9.47 Å². The number of methoxy groups -OCH3 is 1. The fourth-order valence-corrected chi connectivity index (χ4v) is 1.16. The summed E-state index contributed by atoms with van der Waals surface area (Å²) < 4.78 is 10.4. The number of ketones is 1. The van der Waals surface area contributed by atoms with Gasteiger partial charge in [-0.05, 0) is 19.1 Å². The molecule has 1 atom stereocenters. The van der Waals surface area contributed by atoms with Gasteiger partial charge in [0.1, 0.15) is 17.5 Å². The fourth-order valence-electron chi connectivity index (χ4n) is 1.16. The number of carbonyl (C=O) groups excluding carboxylic acids is 1. The van der Waals surface area contributed by atoms with Crippen LogP contribution in [0.25, 0.3) is 0 Å². The van der Waals surface area contributed by atoms with E-state index in [0.29, 0.717) is 18.1 Å². The van der Waals surface area contributed by atoms with Crippen molar-refractivity contribution < 1.29 is 14.3 Å². The van der Waals surface area contributed by atoms with Gasteiger partial charge in [0.25, 0.3) is 0 Å². The number of aromatic nitrogens is 1. The molecule has 1 heterocycles. The quantitative estimate of drug-likeness (QED) is 0.692. The standard InChI is InChI=1S/C11H15NO3/c1-8(7-14-3)15-10-4-5-11(9(2)13)12-6-10/h4-6,8H,7H2,1-3H3. The van der Waals surface area contributed by atoms with Gasteiger partial charge in [-0.2, -0.15) is 0 Å². The molecule has 1 unspecified atom stereocenters. The fraction of sp³-hybridized carbons (Fsp3) is 0.455. The van der Waals surface area contributed by atoms with Gasteiger partial charge >= 0.3 is 0 Å². The van der Waals surface area contributed by atoms with Gasteiger partial charge in [0.05, 0.1) is 12.8 Å². The normalized spacial score (nSPS) is 12.2. The van der Waals surface area contributed by atoms with E-state index in [2.05, 4.69) is 4.98 Å². The van der Waals surface area contributed by atoms with Gasteiger partial charge in [0.15, 0.2) is 5.78 Å². The highest BCUT2D eigenvalue weighted by molar-refractivity contribution is 5.92. The minimum absolute atomic E-state index is 0.0278. The van der Waals surface area contributed by atoms with E-state index in [0.717, 1.165) is 0 Å². The lowest BCUT2D eigenvalue weighted by Gasteiger charge is -2.13. The van der Waals surface area contributed by atoms with Crippen molar-refractivity contribution in [1.82, 2.24) is 4.98 Å². The maximum absolute atomic E-state index is 11.0. The molecule has 0 aliphatic heterocycles. The average molecular weight is 209 g/mol. The average Bonchev–Trinajstić information content (AvgIpc) is 2.18. The van der Waals surface area contributed by atoms with Crippen molar-refractivity contribution in [2.75, 3.05) is 13.7 Å². The number of ether oxygens (including phenoxy) is 2. The van der Waals surface area contributed by atoms with Crippen LogP contribution in [0.4, 0.5) is 0 Å². The molecule has 0 saturated carbocycles. The molecule has 1 aromatic heterocycles. The second kappa shape index (κ2) is 5.46. The largest absolute Gasteiger partial charge is 0.487 e. The van der Waals surface area contributed by atoms with Crippen molar-refractivity contribution in [2.45, 2.75) is 20.0 Å². The molecule has 4 heteroatoms. The first-order valence-corrected chi connectivity index (χ1v) is 4.76. The Kier molecular flexibility index (Phi) is 4.24. The van der Waals surface area contributed by atoms with Gasteiger partial charge in [-0.3, -0.25) is 4.79 Å². The van der Waals surface area contributed by atoms with Crippen LogP contribution in [0.15, 0.2) is 18.3 Å². The lowest BCUT2D eigenvalue weighted by atomic mass is 10.3. The number of Topliss-reactive ketones (excluding diaryl/α,β-unsaturated/α-hetero) is 1. The first-order valence-electron chi connectivity index (χ1n) is 4.76. The molecule has 0 aliphatic carbocycles. The summed E-state index contributed by atoms with van der Waals surface area (Å²) in [6, 6.07) is 3.38. The van der Waals surface area contributed by atoms with Gasteiger partial charge in [0, 0.05) is 14.0 Å². The molecule has 1 aromatic rings. The maximum atomic E-state index is 11.0. The van der Waals surface area contributed by atoms with Crippen LogP contribution in [-0.2, 0) is 4.74 Å². The molecule has 0 aliphatic rings. The maximum Gasteiger partial charge on any atom is 0.178 e. The SMILES string of the molecule is COCC(C)Oc1ccc(C(C)=O)nc1. The van der Waals surface area contributed by atoms with Gasteiger partial charge in [-0.25, -0.2) is 4.98 Å². The van der Waals surface area contributed by atoms with E-state index >= 15 is 0 Å². The third-order valence-electron chi connectivity index (χ3n) is 1.84. The first kappa shape index (κ1) is 11.7. The van der Waals surface area contributed by atoms with Gasteiger partial charge in [-0.15, -0.1) is 0 Å². The zero-order valence-corrected chi connectivity index (χ0v) is 9.19. The van der Waals surface area contributed by atoms with E-state index in [9.17, 15) is 4.79 Å². The minimum atomic E-state index is -0.0495. The Bertz CT molecular complexity index is 321. The predicted molar refractivity (Wildman–Crippen MR) is 56.2 cm³/mol. The highest BCUT2D eigenvalue weighted by Gasteiger charge is 2.05. The van der Waals surface area contributed by atoms with Crippen molar-refractivity contribution in [3.05, 3.63) is 24.0 Å². The van der Waals surface area contributed by atoms with Crippen LogP contribution in [0.2, 0.25) is 0 Å². The summed E-state index contributed by atoms with van der Waals surface area (Å²) in [5.41, 5.74) is 0.446. The number of rotatable bonds is 5. The molecule has 15 heavy (non-hydrogen) atoms. The molecule has 0 bridgehead atoms. The zero-order chi connectivity index (χ0) is 11.3. The monoisotopic (exact) mass is 209 g/mol. The van der Waals surface area contributed by atoms with Crippen LogP contribution in [0, 0.1) is 0 Å². The van der Waals surface area contributed by atoms with E-state index in [-0.39, 0.29) is 11.9 Å². The van der Waals surface area contributed by atoms with Crippen LogP contribution < -0.4 is 4.74 Å². The third kappa shape index (κ3) is 3.67. The second-order valence-corrected chi connectivity index (χ2v) is 3.32. The van der Waals surface area contributed by atoms with E-state index in [1.165, 1.54) is 6.92 Å². The van der Waals surface area contributed by atoms with Gasteiger partial charge in [-0.1, -0.05) is 0 Å². The smallest absolute Gasteiger partial charge is 0.178 e. The first-order chi connectivity index (χ1) is 7.13. The number of carbonyl (C=O) groups is 1. The molecular formula is C11H15NO3. The highest BCUT2D eigenvalue weighted by atomic mass is 16.5. The summed E-state index contributed by atoms with van der Waals surface area (Å²) in [7, 11) is 1.62. The van der Waals surface area contributed by atoms with Gasteiger partial charge in [0.2, 0.25) is 0 Å². The van der Waals surface area contributed by atoms with Crippen LogP contribution in [-0.4, -0.2) is 30.6 Å². The molecular weight excluding hydrogens is 194 g/mol. The Morgan fingerprint density at radius 2 is 2.27 bits per heavy atom. The summed E-state index contributed by atoms with van der Waals surface area (Å²) in [4.78, 5) is 14.9. The summed E-state index contributed by atoms with van der Waals surface area (Å²) in [6.45, 7) is 3.91. The molecule has 1 rings (SSSR count).